The zero-order valence-corrected chi connectivity index (χ0v) is 9.11. The van der Waals surface area contributed by atoms with E-state index in [1.165, 1.54) is 19.2 Å². The minimum absolute atomic E-state index is 0.0905. The van der Waals surface area contributed by atoms with Crippen LogP contribution >= 0.6 is 0 Å². The minimum atomic E-state index is -1.17. The Labute approximate surface area is 96.5 Å². The first-order valence-electron chi connectivity index (χ1n) is 4.80. The number of hydrogen-bond acceptors (Lipinski definition) is 2. The first-order valence-corrected chi connectivity index (χ1v) is 4.80. The van der Waals surface area contributed by atoms with Crippen molar-refractivity contribution in [3.05, 3.63) is 35.4 Å². The molecule has 4 nitrogen and oxygen atoms in total. The van der Waals surface area contributed by atoms with Crippen LogP contribution in [-0.4, -0.2) is 35.5 Å². The van der Waals surface area contributed by atoms with E-state index in [2.05, 4.69) is 0 Å². The summed E-state index contributed by atoms with van der Waals surface area (Å²) in [6.07, 6.45) is -0.368. The van der Waals surface area contributed by atoms with Crippen LogP contribution in [-0.2, 0) is 16.0 Å². The Morgan fingerprint density at radius 1 is 1.35 bits per heavy atom. The van der Waals surface area contributed by atoms with Gasteiger partial charge in [-0.1, -0.05) is 12.1 Å². The molecule has 0 fully saturated rings. The molecule has 0 unspecified atom stereocenters. The lowest BCUT2D eigenvalue weighted by Crippen LogP contribution is -2.33. The van der Waals surface area contributed by atoms with Gasteiger partial charge in [-0.15, -0.1) is 0 Å². The molecule has 0 spiro atoms. The number of aliphatic carboxylic acids is 1. The lowest BCUT2D eigenvalue weighted by atomic mass is 10.1. The third kappa shape index (κ3) is 3.51. The van der Waals surface area contributed by atoms with Crippen LogP contribution in [0.5, 0.6) is 0 Å². The molecule has 6 heteroatoms. The van der Waals surface area contributed by atoms with Crippen LogP contribution in [0.3, 0.4) is 0 Å². The topological polar surface area (TPSA) is 57.6 Å². The summed E-state index contributed by atoms with van der Waals surface area (Å²) in [7, 11) is 1.29. The van der Waals surface area contributed by atoms with Gasteiger partial charge >= 0.3 is 5.97 Å². The van der Waals surface area contributed by atoms with Crippen LogP contribution in [0.2, 0.25) is 0 Å². The average molecular weight is 243 g/mol. The van der Waals surface area contributed by atoms with Gasteiger partial charge in [0.1, 0.15) is 6.54 Å². The number of carbonyl (C=O) groups excluding carboxylic acids is 1. The highest BCUT2D eigenvalue weighted by atomic mass is 19.2. The highest BCUT2D eigenvalue weighted by Crippen LogP contribution is 2.12. The molecule has 92 valence electrons. The molecule has 1 aromatic rings. The van der Waals surface area contributed by atoms with Gasteiger partial charge in [0, 0.05) is 12.6 Å². The van der Waals surface area contributed by atoms with Crippen LogP contribution in [0.25, 0.3) is 0 Å². The van der Waals surface area contributed by atoms with Crippen molar-refractivity contribution in [1.82, 2.24) is 4.90 Å². The summed E-state index contributed by atoms with van der Waals surface area (Å²) in [6, 6.07) is 3.52. The Balaban J connectivity index is 2.74. The van der Waals surface area contributed by atoms with Crippen LogP contribution in [0, 0.1) is 11.6 Å². The molecule has 0 aliphatic carbocycles. The van der Waals surface area contributed by atoms with Gasteiger partial charge in [-0.05, 0) is 6.07 Å². The summed E-state index contributed by atoms with van der Waals surface area (Å²) in [5, 5.41) is 8.47. The van der Waals surface area contributed by atoms with Gasteiger partial charge in [-0.2, -0.15) is 0 Å². The molecule has 0 radical (unpaired) electrons. The van der Waals surface area contributed by atoms with E-state index in [1.807, 2.05) is 0 Å². The van der Waals surface area contributed by atoms with Crippen molar-refractivity contribution in [3.8, 4) is 0 Å². The predicted octanol–water partition coefficient (Wildman–Crippen LogP) is 1.05. The lowest BCUT2D eigenvalue weighted by Gasteiger charge is -2.14. The van der Waals surface area contributed by atoms with E-state index in [-0.39, 0.29) is 12.0 Å². The Kier molecular flexibility index (Phi) is 4.14. The van der Waals surface area contributed by atoms with E-state index >= 15 is 0 Å². The molecule has 1 aromatic carbocycles. The van der Waals surface area contributed by atoms with Crippen molar-refractivity contribution in [3.63, 3.8) is 0 Å². The van der Waals surface area contributed by atoms with E-state index in [4.69, 9.17) is 5.11 Å². The summed E-state index contributed by atoms with van der Waals surface area (Å²) in [4.78, 5) is 22.8. The maximum absolute atomic E-state index is 13.2. The van der Waals surface area contributed by atoms with Crippen molar-refractivity contribution < 1.29 is 23.5 Å². The number of benzene rings is 1. The van der Waals surface area contributed by atoms with E-state index in [0.717, 1.165) is 11.0 Å². The molecule has 0 aromatic heterocycles. The van der Waals surface area contributed by atoms with Crippen molar-refractivity contribution >= 4 is 11.9 Å². The van der Waals surface area contributed by atoms with Crippen LogP contribution in [0.1, 0.15) is 5.56 Å². The SMILES string of the molecule is CN(CC(=O)O)C(=O)Cc1cccc(F)c1F. The number of nitrogens with zero attached hydrogens (tertiary/aromatic N) is 1. The first-order chi connectivity index (χ1) is 7.91. The molecular formula is C11H11F2NO3. The van der Waals surface area contributed by atoms with Gasteiger partial charge in [0.05, 0.1) is 6.42 Å². The number of rotatable bonds is 4. The molecule has 0 bridgehead atoms. The fourth-order valence-corrected chi connectivity index (χ4v) is 1.27. The molecule has 0 aliphatic rings. The third-order valence-electron chi connectivity index (χ3n) is 2.17. The monoisotopic (exact) mass is 243 g/mol. The van der Waals surface area contributed by atoms with Gasteiger partial charge in [-0.3, -0.25) is 9.59 Å². The molecule has 0 saturated carbocycles. The molecule has 0 aliphatic heterocycles. The quantitative estimate of drug-likeness (QED) is 0.859. The Morgan fingerprint density at radius 2 is 2.00 bits per heavy atom. The molecule has 0 heterocycles. The number of hydrogen-bond donors (Lipinski definition) is 1. The van der Waals surface area contributed by atoms with Gasteiger partial charge in [0.2, 0.25) is 5.91 Å². The van der Waals surface area contributed by atoms with Crippen molar-refractivity contribution in [2.45, 2.75) is 6.42 Å². The molecular weight excluding hydrogens is 232 g/mol. The maximum Gasteiger partial charge on any atom is 0.323 e. The van der Waals surface area contributed by atoms with E-state index in [0.29, 0.717) is 0 Å². The van der Waals surface area contributed by atoms with Gasteiger partial charge in [0.15, 0.2) is 11.6 Å². The van der Waals surface area contributed by atoms with E-state index < -0.39 is 30.1 Å². The molecule has 1 amide bonds. The number of carboxylic acid groups (broad SMARTS) is 1. The summed E-state index contributed by atoms with van der Waals surface area (Å²) in [5.74, 6) is -3.86. The lowest BCUT2D eigenvalue weighted by molar-refractivity contribution is -0.143. The fraction of sp³-hybridized carbons (Fsp3) is 0.273. The second-order valence-corrected chi connectivity index (χ2v) is 3.53. The molecule has 1 N–H and O–H groups in total. The average Bonchev–Trinajstić information content (AvgIpc) is 2.23. The van der Waals surface area contributed by atoms with E-state index in [1.54, 1.807) is 0 Å². The summed E-state index contributed by atoms with van der Waals surface area (Å²) < 4.78 is 26.1. The number of likely N-dealkylation sites (N-methyl/N-ethyl adjacent to an activating group) is 1. The van der Waals surface area contributed by atoms with Crippen LogP contribution < -0.4 is 0 Å². The van der Waals surface area contributed by atoms with Crippen molar-refractivity contribution in [1.29, 1.82) is 0 Å². The number of carboxylic acids is 1. The van der Waals surface area contributed by atoms with Crippen molar-refractivity contribution in [2.75, 3.05) is 13.6 Å². The minimum Gasteiger partial charge on any atom is -0.480 e. The number of halogens is 2. The highest BCUT2D eigenvalue weighted by molar-refractivity contribution is 5.82. The summed E-state index contributed by atoms with van der Waals surface area (Å²) >= 11 is 0. The summed E-state index contributed by atoms with van der Waals surface area (Å²) in [6.45, 7) is -0.476. The van der Waals surface area contributed by atoms with Crippen molar-refractivity contribution in [2.24, 2.45) is 0 Å². The highest BCUT2D eigenvalue weighted by Gasteiger charge is 2.16. The van der Waals surface area contributed by atoms with Gasteiger partial charge < -0.3 is 10.0 Å². The largest absolute Gasteiger partial charge is 0.480 e. The summed E-state index contributed by atoms with van der Waals surface area (Å²) in [5.41, 5.74) is -0.0905. The molecule has 17 heavy (non-hydrogen) atoms. The smallest absolute Gasteiger partial charge is 0.323 e. The predicted molar refractivity (Wildman–Crippen MR) is 55.3 cm³/mol. The Hall–Kier alpha value is -1.98. The number of amides is 1. The first kappa shape index (κ1) is 13.1. The number of carbonyl (C=O) groups is 2. The van der Waals surface area contributed by atoms with E-state index in [9.17, 15) is 18.4 Å². The van der Waals surface area contributed by atoms with Crippen LogP contribution in [0.4, 0.5) is 8.78 Å². The Morgan fingerprint density at radius 3 is 2.59 bits per heavy atom. The molecule has 1 rings (SSSR count). The van der Waals surface area contributed by atoms with Gasteiger partial charge in [-0.25, -0.2) is 8.78 Å². The van der Waals surface area contributed by atoms with Gasteiger partial charge in [0.25, 0.3) is 0 Å². The second kappa shape index (κ2) is 5.38. The molecule has 0 saturated heterocycles. The normalized spacial score (nSPS) is 10.1. The zero-order chi connectivity index (χ0) is 13.0. The van der Waals surface area contributed by atoms with Crippen LogP contribution in [0.15, 0.2) is 18.2 Å². The molecule has 0 atom stereocenters. The fourth-order valence-electron chi connectivity index (χ4n) is 1.27. The zero-order valence-electron chi connectivity index (χ0n) is 9.11. The maximum atomic E-state index is 13.2. The Bertz CT molecular complexity index is 448. The third-order valence-corrected chi connectivity index (χ3v) is 2.17. The standard InChI is InChI=1S/C11H11F2NO3/c1-14(6-10(16)17)9(15)5-7-3-2-4-8(12)11(7)13/h2-4H,5-6H2,1H3,(H,16,17). The second-order valence-electron chi connectivity index (χ2n) is 3.53.